The zero-order valence-electron chi connectivity index (χ0n) is 12.2. The van der Waals surface area contributed by atoms with Crippen molar-refractivity contribution in [3.8, 4) is 0 Å². The van der Waals surface area contributed by atoms with Crippen LogP contribution in [0, 0.1) is 5.92 Å². The van der Waals surface area contributed by atoms with Crippen LogP contribution in [0.15, 0.2) is 18.2 Å². The molecule has 1 aromatic heterocycles. The minimum Gasteiger partial charge on any atom is -0.373 e. The number of carbonyl (C=O) groups is 1. The molecule has 1 atom stereocenters. The SMILES string of the molecule is CCCCC(CC)CNC(=O)c1cccc(NC)n1. The molecule has 1 rings (SSSR count). The Bertz CT molecular complexity index is 393. The van der Waals surface area contributed by atoms with Crippen LogP contribution in [-0.4, -0.2) is 24.5 Å². The fourth-order valence-electron chi connectivity index (χ4n) is 1.97. The third kappa shape index (κ3) is 5.28. The number of nitrogens with one attached hydrogen (secondary N) is 2. The smallest absolute Gasteiger partial charge is 0.269 e. The van der Waals surface area contributed by atoms with Crippen molar-refractivity contribution in [2.45, 2.75) is 39.5 Å². The van der Waals surface area contributed by atoms with Crippen LogP contribution in [0.5, 0.6) is 0 Å². The zero-order valence-corrected chi connectivity index (χ0v) is 12.2. The van der Waals surface area contributed by atoms with Crippen LogP contribution in [0.1, 0.15) is 50.0 Å². The molecule has 2 N–H and O–H groups in total. The van der Waals surface area contributed by atoms with Gasteiger partial charge in [0.05, 0.1) is 0 Å². The van der Waals surface area contributed by atoms with Crippen LogP contribution in [0.25, 0.3) is 0 Å². The topological polar surface area (TPSA) is 54.0 Å². The highest BCUT2D eigenvalue weighted by Crippen LogP contribution is 2.11. The number of amides is 1. The predicted octanol–water partition coefficient (Wildman–Crippen LogP) is 3.07. The third-order valence-electron chi connectivity index (χ3n) is 3.33. The van der Waals surface area contributed by atoms with Crippen molar-refractivity contribution in [1.29, 1.82) is 0 Å². The fraction of sp³-hybridized carbons (Fsp3) is 0.600. The lowest BCUT2D eigenvalue weighted by molar-refractivity contribution is 0.0941. The molecular weight excluding hydrogens is 238 g/mol. The molecule has 0 aliphatic carbocycles. The van der Waals surface area contributed by atoms with Crippen LogP contribution in [0.3, 0.4) is 0 Å². The molecule has 0 saturated heterocycles. The van der Waals surface area contributed by atoms with Gasteiger partial charge in [0, 0.05) is 13.6 Å². The molecular formula is C15H25N3O. The summed E-state index contributed by atoms with van der Waals surface area (Å²) in [6.45, 7) is 5.10. The highest BCUT2D eigenvalue weighted by molar-refractivity contribution is 5.92. The van der Waals surface area contributed by atoms with Gasteiger partial charge in [-0.25, -0.2) is 4.98 Å². The number of rotatable bonds is 8. The summed E-state index contributed by atoms with van der Waals surface area (Å²) in [6.07, 6.45) is 4.71. The van der Waals surface area contributed by atoms with Crippen molar-refractivity contribution in [3.05, 3.63) is 23.9 Å². The minimum absolute atomic E-state index is 0.0907. The van der Waals surface area contributed by atoms with E-state index in [1.165, 1.54) is 19.3 Å². The highest BCUT2D eigenvalue weighted by atomic mass is 16.1. The first-order valence-electron chi connectivity index (χ1n) is 7.14. The van der Waals surface area contributed by atoms with E-state index in [9.17, 15) is 4.79 Å². The first-order chi connectivity index (χ1) is 9.21. The van der Waals surface area contributed by atoms with E-state index in [1.807, 2.05) is 12.1 Å². The Balaban J connectivity index is 2.49. The average molecular weight is 263 g/mol. The summed E-state index contributed by atoms with van der Waals surface area (Å²) in [5.41, 5.74) is 0.470. The number of hydrogen-bond acceptors (Lipinski definition) is 3. The van der Waals surface area contributed by atoms with E-state index in [0.29, 0.717) is 17.4 Å². The number of nitrogens with zero attached hydrogens (tertiary/aromatic N) is 1. The van der Waals surface area contributed by atoms with Crippen molar-refractivity contribution >= 4 is 11.7 Å². The van der Waals surface area contributed by atoms with Gasteiger partial charge in [-0.15, -0.1) is 0 Å². The molecule has 0 aliphatic rings. The molecule has 19 heavy (non-hydrogen) atoms. The average Bonchev–Trinajstić information content (AvgIpc) is 2.47. The Hall–Kier alpha value is -1.58. The van der Waals surface area contributed by atoms with Gasteiger partial charge in [0.2, 0.25) is 0 Å². The monoisotopic (exact) mass is 263 g/mol. The lowest BCUT2D eigenvalue weighted by Gasteiger charge is -2.15. The number of anilines is 1. The van der Waals surface area contributed by atoms with Crippen molar-refractivity contribution < 1.29 is 4.79 Å². The number of aromatic nitrogens is 1. The molecule has 4 nitrogen and oxygen atoms in total. The molecule has 4 heteroatoms. The number of unbranched alkanes of at least 4 members (excludes halogenated alkanes) is 1. The third-order valence-corrected chi connectivity index (χ3v) is 3.33. The molecule has 1 unspecified atom stereocenters. The van der Waals surface area contributed by atoms with Gasteiger partial charge in [-0.05, 0) is 24.5 Å². The standard InChI is InChI=1S/C15H25N3O/c1-4-6-8-12(5-2)11-17-15(19)13-9-7-10-14(16-3)18-13/h7,9-10,12H,4-6,8,11H2,1-3H3,(H,16,18)(H,17,19). The molecule has 0 spiro atoms. The lowest BCUT2D eigenvalue weighted by atomic mass is 9.99. The number of hydrogen-bond donors (Lipinski definition) is 2. The van der Waals surface area contributed by atoms with Crippen molar-refractivity contribution in [1.82, 2.24) is 10.3 Å². The number of carbonyl (C=O) groups excluding carboxylic acids is 1. The van der Waals surface area contributed by atoms with Crippen molar-refractivity contribution in [2.24, 2.45) is 5.92 Å². The summed E-state index contributed by atoms with van der Waals surface area (Å²) in [4.78, 5) is 16.2. The molecule has 0 saturated carbocycles. The predicted molar refractivity (Wildman–Crippen MR) is 79.4 cm³/mol. The summed E-state index contributed by atoms with van der Waals surface area (Å²) in [7, 11) is 1.79. The second kappa shape index (κ2) is 8.51. The van der Waals surface area contributed by atoms with Gasteiger partial charge in [0.1, 0.15) is 11.5 Å². The van der Waals surface area contributed by atoms with E-state index in [-0.39, 0.29) is 5.91 Å². The Morgan fingerprint density at radius 1 is 1.37 bits per heavy atom. The van der Waals surface area contributed by atoms with Gasteiger partial charge in [0.15, 0.2) is 0 Å². The molecule has 0 radical (unpaired) electrons. The van der Waals surface area contributed by atoms with Crippen LogP contribution in [0.4, 0.5) is 5.82 Å². The van der Waals surface area contributed by atoms with Crippen LogP contribution >= 0.6 is 0 Å². The molecule has 0 aliphatic heterocycles. The largest absolute Gasteiger partial charge is 0.373 e. The van der Waals surface area contributed by atoms with Gasteiger partial charge >= 0.3 is 0 Å². The van der Waals surface area contributed by atoms with Crippen LogP contribution in [0.2, 0.25) is 0 Å². The number of pyridine rings is 1. The van der Waals surface area contributed by atoms with E-state index in [4.69, 9.17) is 0 Å². The Morgan fingerprint density at radius 2 is 2.16 bits per heavy atom. The lowest BCUT2D eigenvalue weighted by Crippen LogP contribution is -2.29. The molecule has 0 bridgehead atoms. The summed E-state index contributed by atoms with van der Waals surface area (Å²) in [5.74, 6) is 1.19. The maximum Gasteiger partial charge on any atom is 0.269 e. The van der Waals surface area contributed by atoms with E-state index in [1.54, 1.807) is 13.1 Å². The fourth-order valence-corrected chi connectivity index (χ4v) is 1.97. The van der Waals surface area contributed by atoms with Crippen LogP contribution in [-0.2, 0) is 0 Å². The molecule has 1 amide bonds. The van der Waals surface area contributed by atoms with E-state index >= 15 is 0 Å². The maximum atomic E-state index is 12.0. The van der Waals surface area contributed by atoms with Crippen LogP contribution < -0.4 is 10.6 Å². The second-order valence-corrected chi connectivity index (χ2v) is 4.78. The van der Waals surface area contributed by atoms with Gasteiger partial charge in [0.25, 0.3) is 5.91 Å². The summed E-state index contributed by atoms with van der Waals surface area (Å²) in [5, 5.41) is 5.92. The van der Waals surface area contributed by atoms with Gasteiger partial charge in [-0.2, -0.15) is 0 Å². The van der Waals surface area contributed by atoms with E-state index in [0.717, 1.165) is 13.0 Å². The van der Waals surface area contributed by atoms with Gasteiger partial charge in [-0.1, -0.05) is 39.2 Å². The van der Waals surface area contributed by atoms with Crippen molar-refractivity contribution in [2.75, 3.05) is 18.9 Å². The second-order valence-electron chi connectivity index (χ2n) is 4.78. The zero-order chi connectivity index (χ0) is 14.1. The van der Waals surface area contributed by atoms with Gasteiger partial charge < -0.3 is 10.6 Å². The van der Waals surface area contributed by atoms with E-state index < -0.39 is 0 Å². The molecule has 0 fully saturated rings. The highest BCUT2D eigenvalue weighted by Gasteiger charge is 2.11. The van der Waals surface area contributed by atoms with Crippen molar-refractivity contribution in [3.63, 3.8) is 0 Å². The minimum atomic E-state index is -0.0907. The molecule has 106 valence electrons. The normalized spacial score (nSPS) is 11.9. The van der Waals surface area contributed by atoms with Gasteiger partial charge in [-0.3, -0.25) is 4.79 Å². The quantitative estimate of drug-likeness (QED) is 0.758. The first kappa shape index (κ1) is 15.5. The Labute approximate surface area is 116 Å². The Kier molecular flexibility index (Phi) is 6.93. The summed E-state index contributed by atoms with van der Waals surface area (Å²) < 4.78 is 0. The first-order valence-corrected chi connectivity index (χ1v) is 7.14. The molecule has 1 aromatic rings. The summed E-state index contributed by atoms with van der Waals surface area (Å²) >= 11 is 0. The maximum absolute atomic E-state index is 12.0. The summed E-state index contributed by atoms with van der Waals surface area (Å²) in [6, 6.07) is 5.41. The Morgan fingerprint density at radius 3 is 2.79 bits per heavy atom. The molecule has 0 aromatic carbocycles. The molecule has 1 heterocycles. The van der Waals surface area contributed by atoms with E-state index in [2.05, 4.69) is 29.5 Å².